The molecule has 2 heterocycles. The van der Waals surface area contributed by atoms with Crippen molar-refractivity contribution in [3.8, 4) is 6.07 Å². The summed E-state index contributed by atoms with van der Waals surface area (Å²) in [4.78, 5) is 27.0. The second-order valence-corrected chi connectivity index (χ2v) is 10.5. The van der Waals surface area contributed by atoms with Gasteiger partial charge in [-0.15, -0.1) is 0 Å². The lowest BCUT2D eigenvalue weighted by molar-refractivity contribution is -0.135. The van der Waals surface area contributed by atoms with Crippen molar-refractivity contribution in [2.75, 3.05) is 13.2 Å². The maximum atomic E-state index is 12.4. The number of aryl methyl sites for hydroxylation is 1. The SMILES string of the molecule is Cn1c(=O)oc2ccc(C3C=CC(C[C@@H](C#N)[Si]NC(=O)C4CNC(C)(C)CO4)=CC3)cc21. The van der Waals surface area contributed by atoms with Crippen LogP contribution in [0, 0.1) is 11.3 Å². The fourth-order valence-electron chi connectivity index (χ4n) is 4.00. The highest BCUT2D eigenvalue weighted by Gasteiger charge is 2.31. The predicted molar refractivity (Wildman–Crippen MR) is 126 cm³/mol. The summed E-state index contributed by atoms with van der Waals surface area (Å²) >= 11 is 0. The topological polar surface area (TPSA) is 109 Å². The molecule has 1 aliphatic heterocycles. The number of ether oxygens (including phenoxy) is 1. The number of benzene rings is 1. The Balaban J connectivity index is 1.30. The second kappa shape index (κ2) is 9.51. The van der Waals surface area contributed by atoms with Gasteiger partial charge in [-0.05, 0) is 44.4 Å². The monoisotopic (exact) mass is 464 g/mol. The molecule has 1 saturated heterocycles. The third kappa shape index (κ3) is 5.35. The van der Waals surface area contributed by atoms with Gasteiger partial charge in [0, 0.05) is 25.0 Å². The van der Waals surface area contributed by atoms with Crippen LogP contribution in [0.5, 0.6) is 0 Å². The minimum absolute atomic E-state index is 0.00894. The average molecular weight is 465 g/mol. The van der Waals surface area contributed by atoms with Crippen LogP contribution in [0.15, 0.2) is 51.2 Å². The van der Waals surface area contributed by atoms with E-state index in [1.54, 1.807) is 7.05 Å². The quantitative estimate of drug-likeness (QED) is 0.635. The van der Waals surface area contributed by atoms with E-state index in [1.807, 2.05) is 32.0 Å². The normalized spacial score (nSPS) is 23.0. The number of nitrogens with zero attached hydrogens (tertiary/aromatic N) is 2. The lowest BCUT2D eigenvalue weighted by atomic mass is 9.89. The molecule has 0 spiro atoms. The molecule has 2 radical (unpaired) electrons. The molecule has 3 atom stereocenters. The Hall–Kier alpha value is -2.93. The fraction of sp³-hybridized carbons (Fsp3) is 0.458. The summed E-state index contributed by atoms with van der Waals surface area (Å²) in [5.41, 5.74) is 3.15. The van der Waals surface area contributed by atoms with Crippen LogP contribution in [-0.4, -0.2) is 44.9 Å². The number of amides is 1. The summed E-state index contributed by atoms with van der Waals surface area (Å²) in [7, 11) is 1.71. The smallest absolute Gasteiger partial charge is 0.408 e. The highest BCUT2D eigenvalue weighted by molar-refractivity contribution is 6.40. The molecular weight excluding hydrogens is 436 g/mol. The minimum Gasteiger partial charge on any atom is -0.408 e. The van der Waals surface area contributed by atoms with Crippen LogP contribution in [-0.2, 0) is 16.6 Å². The highest BCUT2D eigenvalue weighted by atomic mass is 28.2. The first-order valence-corrected chi connectivity index (χ1v) is 12.1. The largest absolute Gasteiger partial charge is 0.419 e. The molecule has 9 heteroatoms. The molecular formula is C24H28N4O4Si. The Morgan fingerprint density at radius 2 is 2.27 bits per heavy atom. The molecule has 1 aliphatic carbocycles. The van der Waals surface area contributed by atoms with Crippen molar-refractivity contribution >= 4 is 26.7 Å². The van der Waals surface area contributed by atoms with Gasteiger partial charge in [-0.2, -0.15) is 5.26 Å². The van der Waals surface area contributed by atoms with E-state index >= 15 is 0 Å². The van der Waals surface area contributed by atoms with Gasteiger partial charge < -0.3 is 19.5 Å². The van der Waals surface area contributed by atoms with Crippen molar-refractivity contribution in [1.29, 1.82) is 5.26 Å². The first kappa shape index (κ1) is 23.2. The second-order valence-electron chi connectivity index (χ2n) is 9.22. The van der Waals surface area contributed by atoms with Gasteiger partial charge in [0.05, 0.1) is 23.7 Å². The minimum atomic E-state index is -0.522. The van der Waals surface area contributed by atoms with Crippen molar-refractivity contribution in [1.82, 2.24) is 14.9 Å². The number of carbonyl (C=O) groups excluding carboxylic acids is 1. The van der Waals surface area contributed by atoms with E-state index in [0.717, 1.165) is 23.1 Å². The van der Waals surface area contributed by atoms with E-state index in [9.17, 15) is 14.9 Å². The van der Waals surface area contributed by atoms with E-state index in [2.05, 4.69) is 34.6 Å². The van der Waals surface area contributed by atoms with Crippen molar-refractivity contribution < 1.29 is 13.9 Å². The third-order valence-electron chi connectivity index (χ3n) is 6.09. The van der Waals surface area contributed by atoms with Crippen LogP contribution in [0.1, 0.15) is 38.2 Å². The number of hydrogen-bond acceptors (Lipinski definition) is 6. The number of hydrogen-bond donors (Lipinski definition) is 2. The number of aromatic nitrogens is 1. The van der Waals surface area contributed by atoms with Crippen molar-refractivity contribution in [3.05, 3.63) is 58.1 Å². The molecule has 172 valence electrons. The van der Waals surface area contributed by atoms with Crippen molar-refractivity contribution in [3.63, 3.8) is 0 Å². The number of morpholine rings is 1. The third-order valence-corrected chi connectivity index (χ3v) is 7.16. The van der Waals surface area contributed by atoms with Gasteiger partial charge in [0.1, 0.15) is 6.10 Å². The first-order valence-electron chi connectivity index (χ1n) is 11.0. The molecule has 2 N–H and O–H groups in total. The van der Waals surface area contributed by atoms with E-state index in [4.69, 9.17) is 9.15 Å². The Bertz CT molecular complexity index is 1190. The molecule has 1 amide bonds. The van der Waals surface area contributed by atoms with Crippen LogP contribution in [0.3, 0.4) is 0 Å². The van der Waals surface area contributed by atoms with Crippen LogP contribution >= 0.6 is 0 Å². The van der Waals surface area contributed by atoms with Gasteiger partial charge in [-0.3, -0.25) is 9.36 Å². The number of nitriles is 1. The molecule has 2 aliphatic rings. The highest BCUT2D eigenvalue weighted by Crippen LogP contribution is 2.31. The molecule has 2 aromatic rings. The van der Waals surface area contributed by atoms with E-state index in [0.29, 0.717) is 25.2 Å². The summed E-state index contributed by atoms with van der Waals surface area (Å²) in [5, 5.41) is 12.9. The van der Waals surface area contributed by atoms with Gasteiger partial charge in [-0.1, -0.05) is 29.9 Å². The molecule has 1 aromatic heterocycles. The molecule has 0 saturated carbocycles. The maximum absolute atomic E-state index is 12.4. The Labute approximate surface area is 195 Å². The summed E-state index contributed by atoms with van der Waals surface area (Å²) in [6, 6.07) is 8.13. The van der Waals surface area contributed by atoms with Gasteiger partial charge >= 0.3 is 5.76 Å². The van der Waals surface area contributed by atoms with Crippen molar-refractivity contribution in [2.24, 2.45) is 7.05 Å². The lowest BCUT2D eigenvalue weighted by Gasteiger charge is -2.35. The Morgan fingerprint density at radius 1 is 1.45 bits per heavy atom. The molecule has 4 rings (SSSR count). The van der Waals surface area contributed by atoms with Crippen LogP contribution in [0.25, 0.3) is 11.1 Å². The molecule has 1 aromatic carbocycles. The van der Waals surface area contributed by atoms with Crippen molar-refractivity contribution in [2.45, 2.75) is 49.8 Å². The van der Waals surface area contributed by atoms with E-state index < -0.39 is 6.10 Å². The Kier molecular flexibility index (Phi) is 6.70. The zero-order chi connectivity index (χ0) is 23.6. The van der Waals surface area contributed by atoms with E-state index in [1.165, 1.54) is 4.57 Å². The number of fused-ring (bicyclic) bond motifs is 1. The summed E-state index contributed by atoms with van der Waals surface area (Å²) < 4.78 is 12.4. The number of oxazole rings is 1. The van der Waals surface area contributed by atoms with Crippen LogP contribution in [0.2, 0.25) is 5.54 Å². The summed E-state index contributed by atoms with van der Waals surface area (Å²) in [5.74, 6) is -0.339. The van der Waals surface area contributed by atoms with Gasteiger partial charge in [-0.25, -0.2) is 4.79 Å². The average Bonchev–Trinajstić information content (AvgIpc) is 3.09. The number of carbonyl (C=O) groups is 1. The zero-order valence-electron chi connectivity index (χ0n) is 19.1. The number of allylic oxidation sites excluding steroid dienone is 4. The molecule has 33 heavy (non-hydrogen) atoms. The van der Waals surface area contributed by atoms with Gasteiger partial charge in [0.2, 0.25) is 5.91 Å². The first-order chi connectivity index (χ1) is 15.8. The summed E-state index contributed by atoms with van der Waals surface area (Å²) in [6.45, 7) is 5.00. The van der Waals surface area contributed by atoms with Gasteiger partial charge in [0.15, 0.2) is 15.3 Å². The molecule has 2 unspecified atom stereocenters. The molecule has 0 bridgehead atoms. The predicted octanol–water partition coefficient (Wildman–Crippen LogP) is 2.31. The van der Waals surface area contributed by atoms with Gasteiger partial charge in [0.25, 0.3) is 0 Å². The maximum Gasteiger partial charge on any atom is 0.419 e. The molecule has 8 nitrogen and oxygen atoms in total. The van der Waals surface area contributed by atoms with Crippen LogP contribution < -0.4 is 16.1 Å². The summed E-state index contributed by atoms with van der Waals surface area (Å²) in [6.07, 6.45) is 7.22. The fourth-order valence-corrected chi connectivity index (χ4v) is 4.88. The standard InChI is InChI=1S/C24H28N4O4Si/c1-24(2)14-31-21(13-26-24)22(29)27-33-18(12-25)10-15-4-6-16(7-5-15)17-8-9-20-19(11-17)28(3)23(30)32-20/h4-6,8-9,11,16,18,21,26H,7,10,13-14H2,1-3H3,(H,27,29)/t16?,18-,21?/m0/s1. The van der Waals surface area contributed by atoms with Crippen LogP contribution in [0.4, 0.5) is 0 Å². The lowest BCUT2D eigenvalue weighted by Crippen LogP contribution is -2.57. The number of nitrogens with one attached hydrogen (secondary N) is 2. The number of rotatable bonds is 6. The zero-order valence-corrected chi connectivity index (χ0v) is 20.1. The Morgan fingerprint density at radius 3 is 2.94 bits per heavy atom. The van der Waals surface area contributed by atoms with E-state index in [-0.39, 0.29) is 38.3 Å². The molecule has 1 fully saturated rings.